The number of nitrogens with one attached hydrogen (secondary N) is 1. The molecule has 0 spiro atoms. The van der Waals surface area contributed by atoms with E-state index in [0.717, 1.165) is 38.4 Å². The smallest absolute Gasteiger partial charge is 0.222 e. The monoisotopic (exact) mass is 280 g/mol. The molecule has 1 saturated carbocycles. The molecule has 2 aliphatic rings. The molecule has 1 N–H and O–H groups in total. The third-order valence-corrected chi connectivity index (χ3v) is 5.01. The van der Waals surface area contributed by atoms with E-state index in [1.165, 1.54) is 51.4 Å². The van der Waals surface area contributed by atoms with Gasteiger partial charge in [-0.25, -0.2) is 0 Å². The summed E-state index contributed by atoms with van der Waals surface area (Å²) in [6.07, 6.45) is 12.1. The maximum atomic E-state index is 12.1. The molecule has 1 amide bonds. The van der Waals surface area contributed by atoms with Crippen LogP contribution in [0.4, 0.5) is 0 Å². The van der Waals surface area contributed by atoms with Gasteiger partial charge in [0.2, 0.25) is 5.91 Å². The second kappa shape index (κ2) is 8.66. The lowest BCUT2D eigenvalue weighted by Crippen LogP contribution is -2.38. The summed E-state index contributed by atoms with van der Waals surface area (Å²) in [4.78, 5) is 14.3. The van der Waals surface area contributed by atoms with Gasteiger partial charge in [-0.15, -0.1) is 0 Å². The van der Waals surface area contributed by atoms with Gasteiger partial charge in [-0.05, 0) is 51.0 Å². The second-order valence-corrected chi connectivity index (χ2v) is 6.59. The molecule has 0 radical (unpaired) electrons. The van der Waals surface area contributed by atoms with Crippen molar-refractivity contribution in [1.29, 1.82) is 0 Å². The van der Waals surface area contributed by atoms with Crippen LogP contribution >= 0.6 is 0 Å². The van der Waals surface area contributed by atoms with Crippen molar-refractivity contribution in [2.75, 3.05) is 19.6 Å². The van der Waals surface area contributed by atoms with Gasteiger partial charge in [0.1, 0.15) is 0 Å². The molecule has 1 aliphatic heterocycles. The molecule has 1 aliphatic carbocycles. The van der Waals surface area contributed by atoms with Crippen molar-refractivity contribution in [2.45, 2.75) is 77.2 Å². The van der Waals surface area contributed by atoms with E-state index in [4.69, 9.17) is 0 Å². The van der Waals surface area contributed by atoms with Gasteiger partial charge < -0.3 is 10.2 Å². The zero-order valence-corrected chi connectivity index (χ0v) is 13.2. The van der Waals surface area contributed by atoms with Crippen LogP contribution in [0.25, 0.3) is 0 Å². The summed E-state index contributed by atoms with van der Waals surface area (Å²) < 4.78 is 0. The Morgan fingerprint density at radius 2 is 2.00 bits per heavy atom. The largest absolute Gasteiger partial charge is 0.343 e. The van der Waals surface area contributed by atoms with Gasteiger partial charge in [0, 0.05) is 25.6 Å². The summed E-state index contributed by atoms with van der Waals surface area (Å²) in [5, 5.41) is 3.70. The first kappa shape index (κ1) is 15.8. The van der Waals surface area contributed by atoms with E-state index in [0.29, 0.717) is 11.9 Å². The van der Waals surface area contributed by atoms with Crippen LogP contribution in [0.1, 0.15) is 71.1 Å². The van der Waals surface area contributed by atoms with E-state index in [9.17, 15) is 4.79 Å². The number of carbonyl (C=O) groups is 1. The zero-order chi connectivity index (χ0) is 14.2. The summed E-state index contributed by atoms with van der Waals surface area (Å²) in [5.74, 6) is 1.19. The Bertz CT molecular complexity index is 293. The number of nitrogens with zero attached hydrogens (tertiary/aromatic N) is 1. The van der Waals surface area contributed by atoms with Gasteiger partial charge in [0.05, 0.1) is 0 Å². The van der Waals surface area contributed by atoms with Crippen molar-refractivity contribution in [2.24, 2.45) is 5.92 Å². The van der Waals surface area contributed by atoms with Crippen LogP contribution in [0.3, 0.4) is 0 Å². The van der Waals surface area contributed by atoms with Gasteiger partial charge in [0.15, 0.2) is 0 Å². The lowest BCUT2D eigenvalue weighted by Gasteiger charge is -2.28. The van der Waals surface area contributed by atoms with E-state index in [1.807, 2.05) is 0 Å². The number of likely N-dealkylation sites (tertiary alicyclic amines) is 1. The fourth-order valence-electron chi connectivity index (χ4n) is 3.75. The molecule has 2 rings (SSSR count). The Kier molecular flexibility index (Phi) is 6.85. The van der Waals surface area contributed by atoms with E-state index in [-0.39, 0.29) is 0 Å². The van der Waals surface area contributed by atoms with Crippen molar-refractivity contribution in [3.63, 3.8) is 0 Å². The Hall–Kier alpha value is -0.570. The minimum atomic E-state index is 0.403. The summed E-state index contributed by atoms with van der Waals surface area (Å²) in [6, 6.07) is 0.708. The topological polar surface area (TPSA) is 32.3 Å². The molecule has 0 aromatic carbocycles. The van der Waals surface area contributed by atoms with Crippen LogP contribution in [-0.4, -0.2) is 36.5 Å². The Morgan fingerprint density at radius 1 is 1.15 bits per heavy atom. The summed E-state index contributed by atoms with van der Waals surface area (Å²) >= 11 is 0. The quantitative estimate of drug-likeness (QED) is 0.809. The van der Waals surface area contributed by atoms with Gasteiger partial charge in [-0.3, -0.25) is 4.79 Å². The third-order valence-electron chi connectivity index (χ3n) is 5.01. The van der Waals surface area contributed by atoms with Gasteiger partial charge in [0.25, 0.3) is 0 Å². The standard InChI is InChI=1S/C17H32N2O/c1-2-12-18-16-9-7-8-15(16)11-14-19-13-6-4-3-5-10-17(19)20/h15-16,18H,2-14H2,1H3. The maximum Gasteiger partial charge on any atom is 0.222 e. The predicted molar refractivity (Wildman–Crippen MR) is 83.7 cm³/mol. The first-order valence-electron chi connectivity index (χ1n) is 8.82. The molecular formula is C17H32N2O. The van der Waals surface area contributed by atoms with Crippen LogP contribution in [0.5, 0.6) is 0 Å². The molecule has 2 unspecified atom stereocenters. The number of rotatable bonds is 6. The first-order chi connectivity index (χ1) is 9.81. The highest BCUT2D eigenvalue weighted by atomic mass is 16.2. The minimum absolute atomic E-state index is 0.403. The predicted octanol–water partition coefficient (Wildman–Crippen LogP) is 3.34. The van der Waals surface area contributed by atoms with E-state index in [2.05, 4.69) is 17.1 Å². The Balaban J connectivity index is 1.75. The fourth-order valence-corrected chi connectivity index (χ4v) is 3.75. The molecule has 0 aromatic heterocycles. The van der Waals surface area contributed by atoms with Crippen molar-refractivity contribution in [3.8, 4) is 0 Å². The zero-order valence-electron chi connectivity index (χ0n) is 13.2. The molecule has 0 aromatic rings. The molecule has 2 fully saturated rings. The fraction of sp³-hybridized carbons (Fsp3) is 0.941. The van der Waals surface area contributed by atoms with E-state index in [1.54, 1.807) is 0 Å². The molecule has 0 bridgehead atoms. The maximum absolute atomic E-state index is 12.1. The average Bonchev–Trinajstić information content (AvgIpc) is 2.88. The van der Waals surface area contributed by atoms with Crippen LogP contribution in [0.2, 0.25) is 0 Å². The average molecular weight is 280 g/mol. The number of hydrogen-bond donors (Lipinski definition) is 1. The van der Waals surface area contributed by atoms with Crippen molar-refractivity contribution in [1.82, 2.24) is 10.2 Å². The summed E-state index contributed by atoms with van der Waals surface area (Å²) in [5.41, 5.74) is 0. The Morgan fingerprint density at radius 3 is 2.85 bits per heavy atom. The molecule has 2 atom stereocenters. The first-order valence-corrected chi connectivity index (χ1v) is 8.82. The van der Waals surface area contributed by atoms with Crippen LogP contribution < -0.4 is 5.32 Å². The van der Waals surface area contributed by atoms with Gasteiger partial charge >= 0.3 is 0 Å². The highest BCUT2D eigenvalue weighted by molar-refractivity contribution is 5.76. The SMILES string of the molecule is CCCNC1CCCC1CCN1CCCCCCC1=O. The Labute approximate surface area is 124 Å². The lowest BCUT2D eigenvalue weighted by molar-refractivity contribution is -0.132. The third kappa shape index (κ3) is 4.76. The molecule has 20 heavy (non-hydrogen) atoms. The van der Waals surface area contributed by atoms with Crippen molar-refractivity contribution in [3.05, 3.63) is 0 Å². The minimum Gasteiger partial charge on any atom is -0.343 e. The molecule has 116 valence electrons. The number of amides is 1. The molecule has 1 saturated heterocycles. The second-order valence-electron chi connectivity index (χ2n) is 6.59. The molecular weight excluding hydrogens is 248 g/mol. The normalized spacial score (nSPS) is 28.4. The summed E-state index contributed by atoms with van der Waals surface area (Å²) in [6.45, 7) is 5.37. The van der Waals surface area contributed by atoms with Crippen LogP contribution in [0.15, 0.2) is 0 Å². The lowest BCUT2D eigenvalue weighted by atomic mass is 9.98. The number of hydrogen-bond acceptors (Lipinski definition) is 2. The van der Waals surface area contributed by atoms with E-state index >= 15 is 0 Å². The van der Waals surface area contributed by atoms with Crippen molar-refractivity contribution >= 4 is 5.91 Å². The van der Waals surface area contributed by atoms with Gasteiger partial charge in [-0.2, -0.15) is 0 Å². The highest BCUT2D eigenvalue weighted by Gasteiger charge is 2.27. The van der Waals surface area contributed by atoms with Gasteiger partial charge in [-0.1, -0.05) is 26.2 Å². The van der Waals surface area contributed by atoms with Crippen LogP contribution in [0, 0.1) is 5.92 Å². The van der Waals surface area contributed by atoms with Crippen molar-refractivity contribution < 1.29 is 4.79 Å². The summed E-state index contributed by atoms with van der Waals surface area (Å²) in [7, 11) is 0. The molecule has 3 heteroatoms. The molecule has 1 heterocycles. The molecule has 3 nitrogen and oxygen atoms in total. The number of carbonyl (C=O) groups excluding carboxylic acids is 1. The van der Waals surface area contributed by atoms with Crippen LogP contribution in [-0.2, 0) is 4.79 Å². The van der Waals surface area contributed by atoms with E-state index < -0.39 is 0 Å². The highest BCUT2D eigenvalue weighted by Crippen LogP contribution is 2.29.